The Morgan fingerprint density at radius 3 is 2.46 bits per heavy atom. The number of benzene rings is 1. The number of nitrogens with zero attached hydrogens (tertiary/aromatic N) is 1. The summed E-state index contributed by atoms with van der Waals surface area (Å²) in [7, 11) is 0. The molecule has 28 heavy (non-hydrogen) atoms. The number of rotatable bonds is 10. The van der Waals surface area contributed by atoms with Crippen LogP contribution in [0.2, 0.25) is 10.0 Å². The zero-order chi connectivity index (χ0) is 20.1. The number of aliphatic hydroxyl groups is 1. The summed E-state index contributed by atoms with van der Waals surface area (Å²) in [5.74, 6) is 0.576. The van der Waals surface area contributed by atoms with Crippen LogP contribution in [0.25, 0.3) is 0 Å². The summed E-state index contributed by atoms with van der Waals surface area (Å²) < 4.78 is 41.1. The lowest BCUT2D eigenvalue weighted by Crippen LogP contribution is -2.11. The van der Waals surface area contributed by atoms with Gasteiger partial charge in [-0.15, -0.1) is 0 Å². The molecule has 0 amide bonds. The van der Waals surface area contributed by atoms with Crippen LogP contribution in [-0.4, -0.2) is 30.1 Å². The predicted octanol–water partition coefficient (Wildman–Crippen LogP) is 5.03. The number of alkyl halides is 2. The average molecular weight is 434 g/mol. The van der Waals surface area contributed by atoms with E-state index in [4.69, 9.17) is 32.7 Å². The molecule has 1 aliphatic carbocycles. The van der Waals surface area contributed by atoms with Gasteiger partial charge in [0.15, 0.2) is 11.5 Å². The second-order valence-corrected chi connectivity index (χ2v) is 7.22. The number of aliphatic hydroxyl groups excluding tert-OH is 1. The van der Waals surface area contributed by atoms with E-state index in [9.17, 15) is 13.9 Å². The van der Waals surface area contributed by atoms with E-state index < -0.39 is 19.5 Å². The lowest BCUT2D eigenvalue weighted by Gasteiger charge is -2.20. The molecule has 9 heteroatoms. The van der Waals surface area contributed by atoms with Crippen LogP contribution >= 0.6 is 23.2 Å². The van der Waals surface area contributed by atoms with Crippen LogP contribution < -0.4 is 9.47 Å². The molecule has 1 heterocycles. The minimum Gasteiger partial charge on any atom is -0.489 e. The first-order chi connectivity index (χ1) is 13.5. The van der Waals surface area contributed by atoms with E-state index in [-0.39, 0.29) is 17.9 Å². The third-order valence-corrected chi connectivity index (χ3v) is 5.00. The molecule has 0 radical (unpaired) electrons. The lowest BCUT2D eigenvalue weighted by atomic mass is 10.0. The monoisotopic (exact) mass is 433 g/mol. The molecule has 2 aromatic rings. The molecule has 1 N–H and O–H groups in total. The van der Waals surface area contributed by atoms with Crippen molar-refractivity contribution < 1.29 is 28.1 Å². The smallest absolute Gasteiger partial charge is 0.387 e. The molecule has 0 bridgehead atoms. The van der Waals surface area contributed by atoms with Crippen LogP contribution in [0.15, 0.2) is 30.6 Å². The highest BCUT2D eigenvalue weighted by Crippen LogP contribution is 2.37. The van der Waals surface area contributed by atoms with E-state index in [2.05, 4.69) is 9.72 Å². The van der Waals surface area contributed by atoms with E-state index in [0.717, 1.165) is 12.8 Å². The number of hydrogen-bond acceptors (Lipinski definition) is 5. The van der Waals surface area contributed by atoms with Crippen molar-refractivity contribution in [2.75, 3.05) is 13.4 Å². The van der Waals surface area contributed by atoms with E-state index in [1.807, 2.05) is 0 Å². The van der Waals surface area contributed by atoms with Gasteiger partial charge >= 0.3 is 6.61 Å². The molecule has 0 spiro atoms. The normalized spacial score (nSPS) is 14.9. The van der Waals surface area contributed by atoms with Gasteiger partial charge in [-0.25, -0.2) is 0 Å². The standard InChI is InChI=1S/C19H19Cl2F2NO4/c20-14-7-24-8-15(21)13(14)6-17(27-10-25)12-3-4-16(28-19(22)23)18(5-12)26-9-11-1-2-11/h3-5,7-8,11,17,19,25H,1-2,6,9-10H2/t17-/m0/s1. The Hall–Kier alpha value is -1.67. The fourth-order valence-corrected chi connectivity index (χ4v) is 3.22. The summed E-state index contributed by atoms with van der Waals surface area (Å²) in [6.45, 7) is -3.08. The van der Waals surface area contributed by atoms with E-state index >= 15 is 0 Å². The summed E-state index contributed by atoms with van der Waals surface area (Å²) in [5, 5.41) is 10.0. The van der Waals surface area contributed by atoms with Crippen LogP contribution in [0.3, 0.4) is 0 Å². The van der Waals surface area contributed by atoms with Crippen molar-refractivity contribution >= 4 is 23.2 Å². The number of halogens is 4. The molecule has 3 rings (SSSR count). The Morgan fingerprint density at radius 2 is 1.86 bits per heavy atom. The Balaban J connectivity index is 1.87. The third-order valence-electron chi connectivity index (χ3n) is 4.34. The lowest BCUT2D eigenvalue weighted by molar-refractivity contribution is -0.0530. The zero-order valence-electron chi connectivity index (χ0n) is 14.8. The van der Waals surface area contributed by atoms with Crippen LogP contribution in [0.1, 0.15) is 30.1 Å². The van der Waals surface area contributed by atoms with Crippen molar-refractivity contribution in [2.24, 2.45) is 5.92 Å². The summed E-state index contributed by atoms with van der Waals surface area (Å²) in [4.78, 5) is 3.91. The first-order valence-corrected chi connectivity index (χ1v) is 9.45. The second kappa shape index (κ2) is 9.69. The highest BCUT2D eigenvalue weighted by atomic mass is 35.5. The summed E-state index contributed by atoms with van der Waals surface area (Å²) in [6.07, 6.45) is 4.65. The van der Waals surface area contributed by atoms with Crippen molar-refractivity contribution in [2.45, 2.75) is 32.0 Å². The Morgan fingerprint density at radius 1 is 1.14 bits per heavy atom. The molecule has 5 nitrogen and oxygen atoms in total. The Bertz CT molecular complexity index is 785. The Labute approximate surface area is 171 Å². The fraction of sp³-hybridized carbons (Fsp3) is 0.421. The second-order valence-electron chi connectivity index (χ2n) is 6.41. The van der Waals surface area contributed by atoms with Crippen molar-refractivity contribution in [1.82, 2.24) is 4.98 Å². The van der Waals surface area contributed by atoms with Gasteiger partial charge in [0.2, 0.25) is 0 Å². The van der Waals surface area contributed by atoms with E-state index in [1.54, 1.807) is 12.1 Å². The average Bonchev–Trinajstić information content (AvgIpc) is 3.47. The maximum absolute atomic E-state index is 12.7. The van der Waals surface area contributed by atoms with Crippen molar-refractivity contribution in [3.05, 3.63) is 51.8 Å². The third kappa shape index (κ3) is 5.67. The molecule has 1 aromatic heterocycles. The summed E-state index contributed by atoms with van der Waals surface area (Å²) >= 11 is 12.3. The largest absolute Gasteiger partial charge is 0.489 e. The quantitative estimate of drug-likeness (QED) is 0.532. The first-order valence-electron chi connectivity index (χ1n) is 8.69. The molecule has 0 unspecified atom stereocenters. The molecule has 1 fully saturated rings. The minimum atomic E-state index is -2.96. The predicted molar refractivity (Wildman–Crippen MR) is 100 cm³/mol. The summed E-state index contributed by atoms with van der Waals surface area (Å²) in [5.41, 5.74) is 1.20. The zero-order valence-corrected chi connectivity index (χ0v) is 16.3. The molecule has 1 aliphatic rings. The number of hydrogen-bond donors (Lipinski definition) is 1. The first kappa shape index (κ1) is 21.0. The number of pyridine rings is 1. The highest BCUT2D eigenvalue weighted by Gasteiger charge is 2.24. The molecule has 1 aromatic carbocycles. The van der Waals surface area contributed by atoms with Crippen molar-refractivity contribution in [1.29, 1.82) is 0 Å². The van der Waals surface area contributed by atoms with Gasteiger partial charge in [0, 0.05) is 18.8 Å². The molecule has 1 saturated carbocycles. The maximum atomic E-state index is 12.7. The van der Waals surface area contributed by atoms with Gasteiger partial charge in [-0.1, -0.05) is 29.3 Å². The van der Waals surface area contributed by atoms with Crippen LogP contribution in [0.4, 0.5) is 8.78 Å². The van der Waals surface area contributed by atoms with Crippen molar-refractivity contribution in [3.63, 3.8) is 0 Å². The minimum absolute atomic E-state index is 0.0536. The molecule has 152 valence electrons. The van der Waals surface area contributed by atoms with E-state index in [1.165, 1.54) is 18.5 Å². The van der Waals surface area contributed by atoms with Crippen LogP contribution in [0, 0.1) is 5.92 Å². The van der Waals surface area contributed by atoms with Gasteiger partial charge in [0.05, 0.1) is 22.8 Å². The van der Waals surface area contributed by atoms with Gasteiger partial charge in [-0.05, 0) is 42.0 Å². The van der Waals surface area contributed by atoms with Gasteiger partial charge in [-0.2, -0.15) is 8.78 Å². The topological polar surface area (TPSA) is 60.8 Å². The SMILES string of the molecule is OCO[C@@H](Cc1c(Cl)cncc1Cl)c1ccc(OC(F)F)c(OCC2CC2)c1. The van der Waals surface area contributed by atoms with Crippen molar-refractivity contribution in [3.8, 4) is 11.5 Å². The van der Waals surface area contributed by atoms with Gasteiger partial charge in [0.1, 0.15) is 6.79 Å². The van der Waals surface area contributed by atoms with Crippen LogP contribution in [0.5, 0.6) is 11.5 Å². The van der Waals surface area contributed by atoms with Gasteiger partial charge in [-0.3, -0.25) is 4.98 Å². The van der Waals surface area contributed by atoms with Gasteiger partial charge < -0.3 is 19.3 Å². The van der Waals surface area contributed by atoms with Gasteiger partial charge in [0.25, 0.3) is 0 Å². The molecule has 0 aliphatic heterocycles. The Kier molecular flexibility index (Phi) is 7.29. The van der Waals surface area contributed by atoms with E-state index in [0.29, 0.717) is 33.7 Å². The number of ether oxygens (including phenoxy) is 3. The fourth-order valence-electron chi connectivity index (χ4n) is 2.70. The summed E-state index contributed by atoms with van der Waals surface area (Å²) in [6, 6.07) is 4.54. The molecule has 1 atom stereocenters. The molecular formula is C19H19Cl2F2NO4. The van der Waals surface area contributed by atoms with Crippen LogP contribution in [-0.2, 0) is 11.2 Å². The molecular weight excluding hydrogens is 415 g/mol. The maximum Gasteiger partial charge on any atom is 0.387 e. The number of aromatic nitrogens is 1. The highest BCUT2D eigenvalue weighted by molar-refractivity contribution is 6.35. The molecule has 0 saturated heterocycles.